The minimum absolute atomic E-state index is 0.115. The maximum absolute atomic E-state index is 13.3. The third kappa shape index (κ3) is 7.13. The second-order valence-electron chi connectivity index (χ2n) is 10.7. The number of aryl methyl sites for hydroxylation is 1. The van der Waals surface area contributed by atoms with Gasteiger partial charge in [-0.25, -0.2) is 14.6 Å². The Balaban J connectivity index is 1.48. The van der Waals surface area contributed by atoms with Crippen molar-refractivity contribution in [2.24, 2.45) is 5.41 Å². The molecule has 4 heterocycles. The molecule has 3 aromatic heterocycles. The van der Waals surface area contributed by atoms with Crippen LogP contribution in [0.2, 0.25) is 0 Å². The van der Waals surface area contributed by atoms with Gasteiger partial charge in [0.25, 0.3) is 0 Å². The average Bonchev–Trinajstić information content (AvgIpc) is 3.43. The molecule has 216 valence electrons. The maximum atomic E-state index is 13.3. The Morgan fingerprint density at radius 1 is 0.951 bits per heavy atom. The van der Waals surface area contributed by atoms with E-state index in [0.29, 0.717) is 11.5 Å². The fraction of sp³-hybridized carbons (Fsp3) is 0.367. The van der Waals surface area contributed by atoms with Gasteiger partial charge in [-0.3, -0.25) is 0 Å². The summed E-state index contributed by atoms with van der Waals surface area (Å²) < 4.78 is 50.3. The van der Waals surface area contributed by atoms with Crippen molar-refractivity contribution in [3.05, 3.63) is 72.6 Å². The molecule has 0 fully saturated rings. The highest BCUT2D eigenvalue weighted by Gasteiger charge is 2.48. The van der Waals surface area contributed by atoms with Crippen LogP contribution in [0.3, 0.4) is 0 Å². The monoisotopic (exact) mass is 582 g/mol. The SMILES string of the molecule is CC(C)(COc1ccn(-c2cnc3cc2-c2ccccc2CCCCCCNc2cccc(n2)SN3)n1)C(F)(F)F. The Morgan fingerprint density at radius 3 is 2.63 bits per heavy atom. The van der Waals surface area contributed by atoms with Crippen LogP contribution in [0.15, 0.2) is 72.0 Å². The number of hydrogen-bond acceptors (Lipinski definition) is 7. The van der Waals surface area contributed by atoms with Crippen LogP contribution in [-0.2, 0) is 6.42 Å². The van der Waals surface area contributed by atoms with Gasteiger partial charge in [0, 0.05) is 36.3 Å². The van der Waals surface area contributed by atoms with Crippen molar-refractivity contribution >= 4 is 23.6 Å². The summed E-state index contributed by atoms with van der Waals surface area (Å²) in [6.07, 6.45) is 4.29. The molecule has 1 aliphatic heterocycles. The third-order valence-electron chi connectivity index (χ3n) is 7.01. The minimum Gasteiger partial charge on any atom is -0.476 e. The first-order valence-electron chi connectivity index (χ1n) is 13.7. The Kier molecular flexibility index (Phi) is 8.72. The van der Waals surface area contributed by atoms with Crippen molar-refractivity contribution in [3.63, 3.8) is 0 Å². The summed E-state index contributed by atoms with van der Waals surface area (Å²) in [6.45, 7) is 2.56. The average molecular weight is 583 g/mol. The van der Waals surface area contributed by atoms with Crippen LogP contribution in [-0.4, -0.2) is 39.1 Å². The zero-order valence-corrected chi connectivity index (χ0v) is 23.9. The number of fused-ring (bicyclic) bond motifs is 6. The smallest absolute Gasteiger partial charge is 0.397 e. The Bertz CT molecular complexity index is 1470. The largest absolute Gasteiger partial charge is 0.476 e. The number of alkyl halides is 3. The van der Waals surface area contributed by atoms with E-state index in [2.05, 4.69) is 37.2 Å². The molecule has 4 bridgehead atoms. The van der Waals surface area contributed by atoms with Gasteiger partial charge >= 0.3 is 6.18 Å². The molecule has 7 nitrogen and oxygen atoms in total. The number of rotatable bonds is 4. The van der Waals surface area contributed by atoms with Crippen molar-refractivity contribution in [2.45, 2.75) is 57.2 Å². The number of aromatic nitrogens is 4. The van der Waals surface area contributed by atoms with E-state index in [9.17, 15) is 13.2 Å². The van der Waals surface area contributed by atoms with Gasteiger partial charge in [-0.2, -0.15) is 13.2 Å². The van der Waals surface area contributed by atoms with Crippen LogP contribution in [0.1, 0.15) is 45.1 Å². The molecule has 1 aromatic carbocycles. The summed E-state index contributed by atoms with van der Waals surface area (Å²) in [5.41, 5.74) is 1.86. The molecule has 41 heavy (non-hydrogen) atoms. The van der Waals surface area contributed by atoms with Gasteiger partial charge in [-0.15, -0.1) is 5.10 Å². The molecule has 11 heteroatoms. The van der Waals surface area contributed by atoms with Gasteiger partial charge in [-0.05, 0) is 62.4 Å². The molecule has 0 spiro atoms. The molecule has 0 radical (unpaired) electrons. The normalized spacial score (nSPS) is 14.8. The van der Waals surface area contributed by atoms with Crippen LogP contribution >= 0.6 is 11.9 Å². The third-order valence-corrected chi connectivity index (χ3v) is 7.76. The summed E-state index contributed by atoms with van der Waals surface area (Å²) in [6, 6.07) is 17.7. The lowest BCUT2D eigenvalue weighted by molar-refractivity contribution is -0.219. The van der Waals surface area contributed by atoms with Gasteiger partial charge in [0.05, 0.1) is 17.3 Å². The van der Waals surface area contributed by atoms with Gasteiger partial charge in [0.1, 0.15) is 23.3 Å². The van der Waals surface area contributed by atoms with E-state index in [1.165, 1.54) is 17.5 Å². The first-order valence-corrected chi connectivity index (χ1v) is 14.5. The number of benzene rings is 1. The molecule has 5 rings (SSSR count). The predicted molar refractivity (Wildman–Crippen MR) is 157 cm³/mol. The summed E-state index contributed by atoms with van der Waals surface area (Å²) in [5, 5.41) is 8.67. The summed E-state index contributed by atoms with van der Waals surface area (Å²) in [5.74, 6) is 1.60. The highest BCUT2D eigenvalue weighted by Crippen LogP contribution is 2.38. The number of ether oxygens (including phenoxy) is 1. The number of hydrogen-bond donors (Lipinski definition) is 2. The zero-order valence-electron chi connectivity index (χ0n) is 23.0. The summed E-state index contributed by atoms with van der Waals surface area (Å²) in [4.78, 5) is 9.30. The van der Waals surface area contributed by atoms with E-state index in [1.807, 2.05) is 36.4 Å². The fourth-order valence-electron chi connectivity index (χ4n) is 4.44. The standard InChI is InChI=1S/C30H33F3N6OS/c1-29(2,30(31,32)33)20-40-27-15-17-39(37-27)24-19-35-26-18-23(24)22-12-7-6-11-21(22)10-5-3-4-8-16-34-25-13-9-14-28(36-25)41-38-26/h6-7,9,11-15,17-19H,3-5,8,10,16,20H2,1-2H3,(H,34,36)(H,35,38). The molecule has 1 aliphatic rings. The lowest BCUT2D eigenvalue weighted by atomic mass is 9.94. The van der Waals surface area contributed by atoms with E-state index >= 15 is 0 Å². The Hall–Kier alpha value is -3.73. The van der Waals surface area contributed by atoms with Crippen LogP contribution in [0.5, 0.6) is 5.88 Å². The van der Waals surface area contributed by atoms with Gasteiger partial charge < -0.3 is 14.8 Å². The highest BCUT2D eigenvalue weighted by atomic mass is 32.2. The minimum atomic E-state index is -4.39. The van der Waals surface area contributed by atoms with Gasteiger partial charge in [-0.1, -0.05) is 43.2 Å². The molecule has 0 aliphatic carbocycles. The van der Waals surface area contributed by atoms with E-state index in [1.54, 1.807) is 23.1 Å². The topological polar surface area (TPSA) is 76.9 Å². The van der Waals surface area contributed by atoms with Gasteiger partial charge in [0.15, 0.2) is 0 Å². The van der Waals surface area contributed by atoms with Crippen molar-refractivity contribution in [1.82, 2.24) is 19.7 Å². The highest BCUT2D eigenvalue weighted by molar-refractivity contribution is 8.00. The molecule has 0 saturated carbocycles. The number of nitrogens with zero attached hydrogens (tertiary/aromatic N) is 4. The van der Waals surface area contributed by atoms with Crippen LogP contribution in [0, 0.1) is 5.41 Å². The molecular formula is C30H33F3N6OS. The van der Waals surface area contributed by atoms with Crippen LogP contribution in [0.4, 0.5) is 24.8 Å². The maximum Gasteiger partial charge on any atom is 0.397 e. The molecule has 0 amide bonds. The van der Waals surface area contributed by atoms with Crippen molar-refractivity contribution < 1.29 is 17.9 Å². The molecule has 4 aromatic rings. The van der Waals surface area contributed by atoms with Gasteiger partial charge in [0.2, 0.25) is 5.88 Å². The van der Waals surface area contributed by atoms with E-state index < -0.39 is 18.2 Å². The molecule has 0 unspecified atom stereocenters. The molecule has 0 saturated heterocycles. The van der Waals surface area contributed by atoms with Crippen molar-refractivity contribution in [3.8, 4) is 22.7 Å². The Morgan fingerprint density at radius 2 is 1.78 bits per heavy atom. The first kappa shape index (κ1) is 28.8. The van der Waals surface area contributed by atoms with Crippen molar-refractivity contribution in [2.75, 3.05) is 23.2 Å². The van der Waals surface area contributed by atoms with E-state index in [4.69, 9.17) is 4.74 Å². The number of nitrogens with one attached hydrogen (secondary N) is 2. The predicted octanol–water partition coefficient (Wildman–Crippen LogP) is 7.94. The second kappa shape index (κ2) is 12.4. The lowest BCUT2D eigenvalue weighted by Crippen LogP contribution is -2.37. The summed E-state index contributed by atoms with van der Waals surface area (Å²) >= 11 is 1.37. The molecule has 2 N–H and O–H groups in total. The number of pyridine rings is 2. The van der Waals surface area contributed by atoms with Crippen LogP contribution < -0.4 is 14.8 Å². The van der Waals surface area contributed by atoms with Crippen LogP contribution in [0.25, 0.3) is 16.8 Å². The lowest BCUT2D eigenvalue weighted by Gasteiger charge is -2.26. The fourth-order valence-corrected chi connectivity index (χ4v) is 5.05. The molecular weight excluding hydrogens is 549 g/mol. The first-order chi connectivity index (χ1) is 19.7. The summed E-state index contributed by atoms with van der Waals surface area (Å²) in [7, 11) is 0. The second-order valence-corrected chi connectivity index (χ2v) is 11.5. The number of anilines is 2. The van der Waals surface area contributed by atoms with E-state index in [-0.39, 0.29) is 5.88 Å². The Labute approximate surface area is 242 Å². The van der Waals surface area contributed by atoms with E-state index in [0.717, 1.165) is 74.5 Å². The number of halogens is 3. The quantitative estimate of drug-likeness (QED) is 0.237. The molecule has 0 atom stereocenters. The van der Waals surface area contributed by atoms with Crippen molar-refractivity contribution in [1.29, 1.82) is 0 Å². The zero-order chi connectivity index (χ0) is 28.9.